The predicted molar refractivity (Wildman–Crippen MR) is 46.6 cm³/mol. The molecule has 1 atom stereocenters. The van der Waals surface area contributed by atoms with Crippen LogP contribution in [0.25, 0.3) is 0 Å². The molecule has 0 aromatic carbocycles. The Bertz CT molecular complexity index is 262. The van der Waals surface area contributed by atoms with Crippen molar-refractivity contribution in [3.63, 3.8) is 0 Å². The molecule has 0 amide bonds. The minimum absolute atomic E-state index is 0.194. The molecule has 3 N–H and O–H groups in total. The van der Waals surface area contributed by atoms with Crippen molar-refractivity contribution in [1.29, 1.82) is 0 Å². The topological polar surface area (TPSA) is 62.4 Å². The van der Waals surface area contributed by atoms with Gasteiger partial charge >= 0.3 is 5.97 Å². The van der Waals surface area contributed by atoms with E-state index in [2.05, 4.69) is 20.7 Å². The third kappa shape index (κ3) is 1.47. The number of esters is 1. The Labute approximate surface area is 76.5 Å². The van der Waals surface area contributed by atoms with E-state index in [9.17, 15) is 4.79 Å². The van der Waals surface area contributed by atoms with E-state index in [4.69, 9.17) is 0 Å². The monoisotopic (exact) mass is 183 g/mol. The summed E-state index contributed by atoms with van der Waals surface area (Å²) in [6, 6.07) is -0.198. The predicted octanol–water partition coefficient (Wildman–Crippen LogP) is -1.12. The molecule has 5 nitrogen and oxygen atoms in total. The van der Waals surface area contributed by atoms with Gasteiger partial charge in [0.1, 0.15) is 6.04 Å². The Morgan fingerprint density at radius 2 is 2.23 bits per heavy atom. The van der Waals surface area contributed by atoms with Crippen molar-refractivity contribution in [2.24, 2.45) is 0 Å². The summed E-state index contributed by atoms with van der Waals surface area (Å²) in [7, 11) is 1.41. The highest BCUT2D eigenvalue weighted by Crippen LogP contribution is 2.15. The highest BCUT2D eigenvalue weighted by atomic mass is 16.5. The highest BCUT2D eigenvalue weighted by molar-refractivity contribution is 5.76. The van der Waals surface area contributed by atoms with Crippen molar-refractivity contribution in [3.05, 3.63) is 11.4 Å². The minimum Gasteiger partial charge on any atom is -0.468 e. The zero-order chi connectivity index (χ0) is 9.26. The minimum atomic E-state index is -0.198. The first-order valence-electron chi connectivity index (χ1n) is 4.32. The lowest BCUT2D eigenvalue weighted by atomic mass is 10.1. The van der Waals surface area contributed by atoms with Crippen molar-refractivity contribution < 1.29 is 9.53 Å². The van der Waals surface area contributed by atoms with Gasteiger partial charge in [0.2, 0.25) is 0 Å². The van der Waals surface area contributed by atoms with Crippen LogP contribution in [0.2, 0.25) is 0 Å². The molecule has 2 heterocycles. The molecule has 0 fully saturated rings. The van der Waals surface area contributed by atoms with E-state index < -0.39 is 0 Å². The molecule has 2 aliphatic rings. The van der Waals surface area contributed by atoms with Crippen LogP contribution >= 0.6 is 0 Å². The third-order valence-corrected chi connectivity index (χ3v) is 2.39. The fourth-order valence-electron chi connectivity index (χ4n) is 1.65. The average Bonchev–Trinajstić information content (AvgIpc) is 2.63. The molecule has 0 unspecified atom stereocenters. The maximum absolute atomic E-state index is 11.2. The first kappa shape index (κ1) is 8.37. The third-order valence-electron chi connectivity index (χ3n) is 2.39. The number of carbonyl (C=O) groups is 1. The molecular formula is C8H13N3O2. The molecule has 0 aromatic heterocycles. The van der Waals surface area contributed by atoms with E-state index in [0.29, 0.717) is 13.0 Å². The average molecular weight is 183 g/mol. The molecule has 0 bridgehead atoms. The van der Waals surface area contributed by atoms with Crippen molar-refractivity contribution in [2.45, 2.75) is 12.5 Å². The molecule has 13 heavy (non-hydrogen) atoms. The molecule has 0 saturated carbocycles. The van der Waals surface area contributed by atoms with Crippen LogP contribution in [0.15, 0.2) is 11.4 Å². The zero-order valence-electron chi connectivity index (χ0n) is 7.52. The van der Waals surface area contributed by atoms with E-state index in [1.165, 1.54) is 12.8 Å². The molecule has 2 rings (SSSR count). The normalized spacial score (nSPS) is 26.1. The Kier molecular flexibility index (Phi) is 2.10. The van der Waals surface area contributed by atoms with Crippen LogP contribution in [0, 0.1) is 0 Å². The Morgan fingerprint density at radius 1 is 1.46 bits per heavy atom. The van der Waals surface area contributed by atoms with E-state index in [0.717, 1.165) is 12.4 Å². The smallest absolute Gasteiger partial charge is 0.323 e. The van der Waals surface area contributed by atoms with Gasteiger partial charge in [0.15, 0.2) is 0 Å². The fraction of sp³-hybridized carbons (Fsp3) is 0.625. The van der Waals surface area contributed by atoms with Crippen LogP contribution < -0.4 is 16.0 Å². The summed E-state index contributed by atoms with van der Waals surface area (Å²) in [5.41, 5.74) is 2.30. The first-order valence-corrected chi connectivity index (χ1v) is 4.32. The summed E-state index contributed by atoms with van der Waals surface area (Å²) < 4.78 is 4.67. The van der Waals surface area contributed by atoms with Crippen molar-refractivity contribution >= 4 is 5.97 Å². The van der Waals surface area contributed by atoms with E-state index in [1.54, 1.807) is 0 Å². The Morgan fingerprint density at radius 3 is 3.00 bits per heavy atom. The quantitative estimate of drug-likeness (QED) is 0.450. The lowest BCUT2D eigenvalue weighted by Gasteiger charge is -2.22. The molecular weight excluding hydrogens is 170 g/mol. The molecule has 0 spiro atoms. The van der Waals surface area contributed by atoms with Gasteiger partial charge in [-0.15, -0.1) is 0 Å². The number of ether oxygens (including phenoxy) is 1. The van der Waals surface area contributed by atoms with Gasteiger partial charge in [0.05, 0.1) is 13.8 Å². The van der Waals surface area contributed by atoms with Crippen LogP contribution in [-0.2, 0) is 9.53 Å². The summed E-state index contributed by atoms with van der Waals surface area (Å²) in [5, 5.41) is 9.48. The molecule has 0 aliphatic carbocycles. The van der Waals surface area contributed by atoms with E-state index >= 15 is 0 Å². The van der Waals surface area contributed by atoms with Crippen LogP contribution in [0.4, 0.5) is 0 Å². The van der Waals surface area contributed by atoms with Gasteiger partial charge in [-0.25, -0.2) is 0 Å². The maximum Gasteiger partial charge on any atom is 0.323 e. The van der Waals surface area contributed by atoms with Crippen LogP contribution in [-0.4, -0.2) is 32.3 Å². The van der Waals surface area contributed by atoms with Gasteiger partial charge in [0, 0.05) is 24.4 Å². The van der Waals surface area contributed by atoms with Crippen molar-refractivity contribution in [1.82, 2.24) is 16.0 Å². The van der Waals surface area contributed by atoms with Gasteiger partial charge in [0.25, 0.3) is 0 Å². The molecule has 5 heteroatoms. The van der Waals surface area contributed by atoms with Crippen LogP contribution in [0.5, 0.6) is 0 Å². The first-order chi connectivity index (χ1) is 6.31. The SMILES string of the molecule is COC(=O)[C@@H]1CC2=C(CN1)NCN2. The summed E-state index contributed by atoms with van der Waals surface area (Å²) >= 11 is 0. The molecule has 0 radical (unpaired) electrons. The molecule has 72 valence electrons. The molecule has 0 saturated heterocycles. The van der Waals surface area contributed by atoms with Gasteiger partial charge in [-0.3, -0.25) is 10.1 Å². The fourth-order valence-corrected chi connectivity index (χ4v) is 1.65. The second-order valence-electron chi connectivity index (χ2n) is 3.15. The lowest BCUT2D eigenvalue weighted by Crippen LogP contribution is -2.43. The standard InChI is InChI=1S/C8H13N3O2/c1-13-8(12)6-2-5-7(3-9-6)11-4-10-5/h6,9-11H,2-4H2,1H3/t6-/m0/s1. The Balaban J connectivity index is 2.03. The molecule has 0 aromatic rings. The summed E-state index contributed by atoms with van der Waals surface area (Å²) in [5.74, 6) is -0.194. The van der Waals surface area contributed by atoms with Gasteiger partial charge in [-0.05, 0) is 0 Å². The summed E-state index contributed by atoms with van der Waals surface area (Å²) in [6.07, 6.45) is 0.689. The number of methoxy groups -OCH3 is 1. The summed E-state index contributed by atoms with van der Waals surface area (Å²) in [4.78, 5) is 11.2. The largest absolute Gasteiger partial charge is 0.468 e. The maximum atomic E-state index is 11.2. The van der Waals surface area contributed by atoms with Gasteiger partial charge in [-0.2, -0.15) is 0 Å². The van der Waals surface area contributed by atoms with E-state index in [1.807, 2.05) is 0 Å². The number of carbonyl (C=O) groups excluding carboxylic acids is 1. The molecule has 2 aliphatic heterocycles. The Hall–Kier alpha value is -1.23. The van der Waals surface area contributed by atoms with Crippen LogP contribution in [0.3, 0.4) is 0 Å². The van der Waals surface area contributed by atoms with Gasteiger partial charge in [-0.1, -0.05) is 0 Å². The number of hydrogen-bond donors (Lipinski definition) is 3. The second-order valence-corrected chi connectivity index (χ2v) is 3.15. The number of rotatable bonds is 1. The highest BCUT2D eigenvalue weighted by Gasteiger charge is 2.28. The summed E-state index contributed by atoms with van der Waals surface area (Å²) in [6.45, 7) is 1.47. The van der Waals surface area contributed by atoms with Gasteiger partial charge < -0.3 is 15.4 Å². The second kappa shape index (κ2) is 3.26. The van der Waals surface area contributed by atoms with Crippen molar-refractivity contribution in [3.8, 4) is 0 Å². The lowest BCUT2D eigenvalue weighted by molar-refractivity contribution is -0.143. The zero-order valence-corrected chi connectivity index (χ0v) is 7.52. The van der Waals surface area contributed by atoms with Crippen molar-refractivity contribution in [2.75, 3.05) is 20.3 Å². The van der Waals surface area contributed by atoms with Crippen LogP contribution in [0.1, 0.15) is 6.42 Å². The number of hydrogen-bond acceptors (Lipinski definition) is 5. The van der Waals surface area contributed by atoms with E-state index in [-0.39, 0.29) is 12.0 Å². The number of nitrogens with one attached hydrogen (secondary N) is 3.